The molecule has 0 atom stereocenters. The highest BCUT2D eigenvalue weighted by Crippen LogP contribution is 2.30. The van der Waals surface area contributed by atoms with Gasteiger partial charge in [-0.15, -0.1) is 0 Å². The molecule has 1 amide bonds. The number of sulfonamides is 1. The third-order valence-corrected chi connectivity index (χ3v) is 7.92. The van der Waals surface area contributed by atoms with Crippen LogP contribution in [0, 0.1) is 6.92 Å². The summed E-state index contributed by atoms with van der Waals surface area (Å²) in [5.41, 5.74) is 3.05. The van der Waals surface area contributed by atoms with Crippen LogP contribution in [0.3, 0.4) is 0 Å². The average molecular weight is 444 g/mol. The third kappa shape index (κ3) is 4.35. The number of hydrogen-bond acceptors (Lipinski definition) is 5. The summed E-state index contributed by atoms with van der Waals surface area (Å²) in [4.78, 5) is 17.3. The van der Waals surface area contributed by atoms with Gasteiger partial charge in [0.1, 0.15) is 5.75 Å². The van der Waals surface area contributed by atoms with E-state index in [0.29, 0.717) is 50.4 Å². The Labute approximate surface area is 184 Å². The fourth-order valence-corrected chi connectivity index (χ4v) is 5.99. The molecule has 0 N–H and O–H groups in total. The first-order valence-corrected chi connectivity index (χ1v) is 12.3. The molecule has 0 unspecified atom stereocenters. The topological polar surface area (TPSA) is 70.2 Å². The van der Waals surface area contributed by atoms with Crippen LogP contribution < -0.4 is 13.9 Å². The fourth-order valence-electron chi connectivity index (χ4n) is 4.29. The van der Waals surface area contributed by atoms with Gasteiger partial charge in [-0.3, -0.25) is 9.10 Å². The molecule has 0 aromatic heterocycles. The molecule has 2 aromatic rings. The maximum Gasteiger partial charge on any atom is 0.254 e. The summed E-state index contributed by atoms with van der Waals surface area (Å²) in [7, 11) is -1.66. The van der Waals surface area contributed by atoms with Crippen LogP contribution in [0.25, 0.3) is 0 Å². The van der Waals surface area contributed by atoms with Crippen molar-refractivity contribution in [1.82, 2.24) is 4.90 Å². The Hall–Kier alpha value is -2.74. The van der Waals surface area contributed by atoms with Crippen LogP contribution in [0.5, 0.6) is 5.75 Å². The molecule has 2 fully saturated rings. The number of anilines is 2. The Morgan fingerprint density at radius 2 is 1.68 bits per heavy atom. The molecule has 166 valence electrons. The molecule has 2 saturated heterocycles. The minimum Gasteiger partial charge on any atom is -0.495 e. The number of carbonyl (C=O) groups excluding carboxylic acids is 1. The van der Waals surface area contributed by atoms with Gasteiger partial charge in [0.25, 0.3) is 5.91 Å². The minimum absolute atomic E-state index is 0.0599. The lowest BCUT2D eigenvalue weighted by Gasteiger charge is -2.37. The number of methoxy groups -OCH3 is 1. The number of nitrogens with zero attached hydrogens (tertiary/aromatic N) is 3. The molecule has 2 aromatic carbocycles. The molecule has 8 heteroatoms. The highest BCUT2D eigenvalue weighted by atomic mass is 32.2. The standard InChI is InChI=1S/C23H29N3O4S/c1-18-9-10-19(17-21(18)26-11-5-6-16-31(26,28)29)23(27)25-14-12-24(13-15-25)20-7-3-4-8-22(20)30-2/h3-4,7-10,17H,5-6,11-16H2,1-2H3. The van der Waals surface area contributed by atoms with Crippen LogP contribution in [0.4, 0.5) is 11.4 Å². The molecule has 7 nitrogen and oxygen atoms in total. The van der Waals surface area contributed by atoms with Crippen molar-refractivity contribution in [3.05, 3.63) is 53.6 Å². The zero-order valence-corrected chi connectivity index (χ0v) is 18.9. The molecule has 2 aliphatic rings. The predicted octanol–water partition coefficient (Wildman–Crippen LogP) is 2.90. The Kier molecular flexibility index (Phi) is 6.09. The smallest absolute Gasteiger partial charge is 0.254 e. The van der Waals surface area contributed by atoms with E-state index in [0.717, 1.165) is 23.4 Å². The normalized spacial score (nSPS) is 18.7. The summed E-state index contributed by atoms with van der Waals surface area (Å²) in [5, 5.41) is 0. The van der Waals surface area contributed by atoms with Crippen LogP contribution in [0.1, 0.15) is 28.8 Å². The third-order valence-electron chi connectivity index (χ3n) is 6.07. The molecule has 0 spiro atoms. The lowest BCUT2D eigenvalue weighted by molar-refractivity contribution is 0.0746. The molecule has 31 heavy (non-hydrogen) atoms. The van der Waals surface area contributed by atoms with Crippen LogP contribution in [0.2, 0.25) is 0 Å². The fraction of sp³-hybridized carbons (Fsp3) is 0.435. The van der Waals surface area contributed by atoms with Gasteiger partial charge in [-0.2, -0.15) is 0 Å². The highest BCUT2D eigenvalue weighted by Gasteiger charge is 2.29. The number of rotatable bonds is 4. The highest BCUT2D eigenvalue weighted by molar-refractivity contribution is 7.92. The maximum absolute atomic E-state index is 13.2. The summed E-state index contributed by atoms with van der Waals surface area (Å²) >= 11 is 0. The summed E-state index contributed by atoms with van der Waals surface area (Å²) in [6.07, 6.45) is 1.52. The zero-order chi connectivity index (χ0) is 22.0. The van der Waals surface area contributed by atoms with Crippen molar-refractivity contribution in [2.24, 2.45) is 0 Å². The molecule has 0 saturated carbocycles. The second-order valence-electron chi connectivity index (χ2n) is 8.05. The molecular weight excluding hydrogens is 414 g/mol. The Morgan fingerprint density at radius 1 is 0.935 bits per heavy atom. The number of piperazine rings is 1. The minimum atomic E-state index is -3.32. The first-order chi connectivity index (χ1) is 14.9. The molecule has 0 radical (unpaired) electrons. The summed E-state index contributed by atoms with van der Waals surface area (Å²) in [6, 6.07) is 13.3. The lowest BCUT2D eigenvalue weighted by atomic mass is 10.1. The first kappa shape index (κ1) is 21.5. The second-order valence-corrected chi connectivity index (χ2v) is 10.1. The molecule has 0 bridgehead atoms. The van der Waals surface area contributed by atoms with E-state index >= 15 is 0 Å². The van der Waals surface area contributed by atoms with Gasteiger partial charge >= 0.3 is 0 Å². The number of carbonyl (C=O) groups is 1. The van der Waals surface area contributed by atoms with Gasteiger partial charge < -0.3 is 14.5 Å². The van der Waals surface area contributed by atoms with Crippen molar-refractivity contribution in [3.8, 4) is 5.75 Å². The van der Waals surface area contributed by atoms with Crippen molar-refractivity contribution in [1.29, 1.82) is 0 Å². The van der Waals surface area contributed by atoms with E-state index in [9.17, 15) is 13.2 Å². The lowest BCUT2D eigenvalue weighted by Crippen LogP contribution is -2.49. The van der Waals surface area contributed by atoms with Crippen molar-refractivity contribution < 1.29 is 17.9 Å². The monoisotopic (exact) mass is 443 g/mol. The number of ether oxygens (including phenoxy) is 1. The molecule has 4 rings (SSSR count). The summed E-state index contributed by atoms with van der Waals surface area (Å²) in [5.74, 6) is 0.929. The Bertz CT molecular complexity index is 1060. The van der Waals surface area contributed by atoms with E-state index in [1.165, 1.54) is 4.31 Å². The number of para-hydroxylation sites is 2. The van der Waals surface area contributed by atoms with E-state index in [2.05, 4.69) is 4.90 Å². The van der Waals surface area contributed by atoms with Crippen molar-refractivity contribution in [3.63, 3.8) is 0 Å². The van der Waals surface area contributed by atoms with Gasteiger partial charge in [0.15, 0.2) is 0 Å². The molecule has 0 aliphatic carbocycles. The Balaban J connectivity index is 1.49. The van der Waals surface area contributed by atoms with Gasteiger partial charge in [-0.05, 0) is 49.6 Å². The van der Waals surface area contributed by atoms with Crippen LogP contribution in [-0.4, -0.2) is 64.8 Å². The van der Waals surface area contributed by atoms with Crippen molar-refractivity contribution in [2.75, 3.05) is 54.8 Å². The Morgan fingerprint density at radius 3 is 2.39 bits per heavy atom. The average Bonchev–Trinajstić information content (AvgIpc) is 2.79. The van der Waals surface area contributed by atoms with Gasteiger partial charge in [0, 0.05) is 38.3 Å². The second kappa shape index (κ2) is 8.78. The number of amides is 1. The number of aryl methyl sites for hydroxylation is 1. The quantitative estimate of drug-likeness (QED) is 0.727. The van der Waals surface area contributed by atoms with Crippen molar-refractivity contribution >= 4 is 27.3 Å². The van der Waals surface area contributed by atoms with Crippen LogP contribution in [0.15, 0.2) is 42.5 Å². The van der Waals surface area contributed by atoms with Crippen LogP contribution in [-0.2, 0) is 10.0 Å². The van der Waals surface area contributed by atoms with Crippen molar-refractivity contribution in [2.45, 2.75) is 19.8 Å². The van der Waals surface area contributed by atoms with Gasteiger partial charge in [-0.1, -0.05) is 18.2 Å². The van der Waals surface area contributed by atoms with E-state index in [-0.39, 0.29) is 11.7 Å². The van der Waals surface area contributed by atoms with E-state index in [4.69, 9.17) is 4.74 Å². The van der Waals surface area contributed by atoms with E-state index < -0.39 is 10.0 Å². The van der Waals surface area contributed by atoms with E-state index in [1.807, 2.05) is 42.2 Å². The summed E-state index contributed by atoms with van der Waals surface area (Å²) in [6.45, 7) is 4.99. The number of benzene rings is 2. The van der Waals surface area contributed by atoms with E-state index in [1.54, 1.807) is 19.2 Å². The molecule has 2 heterocycles. The zero-order valence-electron chi connectivity index (χ0n) is 18.1. The summed E-state index contributed by atoms with van der Waals surface area (Å²) < 4.78 is 32.0. The molecular formula is C23H29N3O4S. The maximum atomic E-state index is 13.2. The SMILES string of the molecule is COc1ccccc1N1CCN(C(=O)c2ccc(C)c(N3CCCCS3(=O)=O)c2)CC1. The predicted molar refractivity (Wildman–Crippen MR) is 123 cm³/mol. The van der Waals surface area contributed by atoms with Gasteiger partial charge in [-0.25, -0.2) is 8.42 Å². The molecule has 2 aliphatic heterocycles. The first-order valence-electron chi connectivity index (χ1n) is 10.7. The van der Waals surface area contributed by atoms with Gasteiger partial charge in [0.05, 0.1) is 24.2 Å². The van der Waals surface area contributed by atoms with Crippen LogP contribution >= 0.6 is 0 Å². The largest absolute Gasteiger partial charge is 0.495 e. The van der Waals surface area contributed by atoms with Gasteiger partial charge in [0.2, 0.25) is 10.0 Å². The number of hydrogen-bond donors (Lipinski definition) is 0.